The summed E-state index contributed by atoms with van der Waals surface area (Å²) in [6.07, 6.45) is 0.715. The average Bonchev–Trinajstić information content (AvgIpc) is 3.01. The van der Waals surface area contributed by atoms with Crippen LogP contribution < -0.4 is 4.72 Å². The highest BCUT2D eigenvalue weighted by Gasteiger charge is 2.27. The van der Waals surface area contributed by atoms with E-state index in [4.69, 9.17) is 16.7 Å². The van der Waals surface area contributed by atoms with Gasteiger partial charge in [0.1, 0.15) is 0 Å². The van der Waals surface area contributed by atoms with Crippen molar-refractivity contribution in [2.75, 3.05) is 13.1 Å². The maximum Gasteiger partial charge on any atom is 0.337 e. The Kier molecular flexibility index (Phi) is 5.62. The number of carboxylic acids is 1. The number of rotatable bonds is 6. The van der Waals surface area contributed by atoms with Crippen LogP contribution in [0.5, 0.6) is 0 Å². The number of aromatic carboxylic acids is 1. The molecule has 6 nitrogen and oxygen atoms in total. The molecule has 1 saturated heterocycles. The first kappa shape index (κ1) is 18.8. The minimum Gasteiger partial charge on any atom is -0.478 e. The molecular weight excluding hydrogens is 376 g/mol. The lowest BCUT2D eigenvalue weighted by molar-refractivity contribution is 0.0697. The summed E-state index contributed by atoms with van der Waals surface area (Å²) in [7, 11) is -3.76. The van der Waals surface area contributed by atoms with Crippen LogP contribution in [-0.2, 0) is 16.6 Å². The van der Waals surface area contributed by atoms with E-state index in [0.717, 1.165) is 13.1 Å². The van der Waals surface area contributed by atoms with Gasteiger partial charge in [-0.05, 0) is 30.2 Å². The third-order valence-electron chi connectivity index (χ3n) is 4.32. The van der Waals surface area contributed by atoms with Crippen molar-refractivity contribution < 1.29 is 18.3 Å². The van der Waals surface area contributed by atoms with Gasteiger partial charge in [0.25, 0.3) is 0 Å². The second-order valence-electron chi connectivity index (χ2n) is 6.27. The van der Waals surface area contributed by atoms with E-state index in [1.807, 2.05) is 30.3 Å². The van der Waals surface area contributed by atoms with Crippen molar-refractivity contribution in [2.45, 2.75) is 23.9 Å². The highest BCUT2D eigenvalue weighted by Crippen LogP contribution is 2.22. The number of nitrogens with one attached hydrogen (secondary N) is 1. The summed E-state index contributed by atoms with van der Waals surface area (Å²) in [4.78, 5) is 13.2. The van der Waals surface area contributed by atoms with E-state index in [1.54, 1.807) is 0 Å². The van der Waals surface area contributed by atoms with E-state index in [-0.39, 0.29) is 21.5 Å². The summed E-state index contributed by atoms with van der Waals surface area (Å²) in [5, 5.41) is 8.88. The third kappa shape index (κ3) is 4.42. The van der Waals surface area contributed by atoms with Crippen molar-refractivity contribution >= 4 is 27.6 Å². The largest absolute Gasteiger partial charge is 0.478 e. The Hall–Kier alpha value is -1.93. The number of benzene rings is 2. The second-order valence-corrected chi connectivity index (χ2v) is 8.40. The highest BCUT2D eigenvalue weighted by atomic mass is 35.5. The summed E-state index contributed by atoms with van der Waals surface area (Å²) < 4.78 is 27.8. The van der Waals surface area contributed by atoms with Crippen LogP contribution in [0.4, 0.5) is 0 Å². The fraction of sp³-hybridized carbons (Fsp3) is 0.278. The molecule has 1 fully saturated rings. The topological polar surface area (TPSA) is 86.7 Å². The molecule has 138 valence electrons. The molecule has 2 aromatic rings. The van der Waals surface area contributed by atoms with Gasteiger partial charge >= 0.3 is 5.97 Å². The van der Waals surface area contributed by atoms with Gasteiger partial charge in [0, 0.05) is 25.7 Å². The second kappa shape index (κ2) is 7.75. The Balaban J connectivity index is 1.65. The van der Waals surface area contributed by atoms with Gasteiger partial charge in [-0.25, -0.2) is 17.9 Å². The van der Waals surface area contributed by atoms with Crippen LogP contribution >= 0.6 is 11.6 Å². The zero-order valence-corrected chi connectivity index (χ0v) is 15.5. The molecule has 1 unspecified atom stereocenters. The molecule has 0 bridgehead atoms. The molecule has 0 saturated carbocycles. The molecule has 0 radical (unpaired) electrons. The van der Waals surface area contributed by atoms with Gasteiger partial charge in [0.2, 0.25) is 10.0 Å². The van der Waals surface area contributed by atoms with Crippen LogP contribution in [0.15, 0.2) is 53.4 Å². The fourth-order valence-corrected chi connectivity index (χ4v) is 4.65. The zero-order chi connectivity index (χ0) is 18.7. The van der Waals surface area contributed by atoms with Gasteiger partial charge in [-0.15, -0.1) is 0 Å². The molecule has 0 amide bonds. The van der Waals surface area contributed by atoms with Crippen molar-refractivity contribution in [1.29, 1.82) is 0 Å². The molecule has 2 aromatic carbocycles. The van der Waals surface area contributed by atoms with E-state index in [9.17, 15) is 13.2 Å². The Morgan fingerprint density at radius 2 is 1.96 bits per heavy atom. The maximum atomic E-state index is 12.6. The molecule has 26 heavy (non-hydrogen) atoms. The SMILES string of the molecule is O=C(O)c1ccc(S(=O)(=O)NC2CCN(Cc3ccccc3)C2)cc1Cl. The van der Waals surface area contributed by atoms with Crippen LogP contribution in [-0.4, -0.2) is 43.5 Å². The summed E-state index contributed by atoms with van der Waals surface area (Å²) in [5.41, 5.74) is 1.06. The first-order valence-electron chi connectivity index (χ1n) is 8.16. The van der Waals surface area contributed by atoms with Crippen LogP contribution in [0, 0.1) is 0 Å². The third-order valence-corrected chi connectivity index (χ3v) is 6.16. The first-order valence-corrected chi connectivity index (χ1v) is 10.0. The van der Waals surface area contributed by atoms with Crippen molar-refractivity contribution in [3.05, 3.63) is 64.7 Å². The van der Waals surface area contributed by atoms with E-state index in [2.05, 4.69) is 9.62 Å². The van der Waals surface area contributed by atoms with E-state index in [0.29, 0.717) is 13.0 Å². The maximum absolute atomic E-state index is 12.6. The fourth-order valence-electron chi connectivity index (χ4n) is 3.04. The number of carbonyl (C=O) groups is 1. The minimum atomic E-state index is -3.76. The number of sulfonamides is 1. The summed E-state index contributed by atoms with van der Waals surface area (Å²) >= 11 is 5.88. The lowest BCUT2D eigenvalue weighted by atomic mass is 10.2. The number of halogens is 1. The summed E-state index contributed by atoms with van der Waals surface area (Å²) in [5.74, 6) is -1.20. The van der Waals surface area contributed by atoms with Crippen molar-refractivity contribution in [2.24, 2.45) is 0 Å². The minimum absolute atomic E-state index is 0.0333. The Bertz CT molecular complexity index is 903. The van der Waals surface area contributed by atoms with Crippen LogP contribution in [0.3, 0.4) is 0 Å². The lowest BCUT2D eigenvalue weighted by Gasteiger charge is -2.17. The van der Waals surface area contributed by atoms with Crippen LogP contribution in [0.1, 0.15) is 22.3 Å². The Morgan fingerprint density at radius 1 is 1.23 bits per heavy atom. The van der Waals surface area contributed by atoms with E-state index < -0.39 is 16.0 Å². The molecule has 3 rings (SSSR count). The van der Waals surface area contributed by atoms with Crippen molar-refractivity contribution in [3.8, 4) is 0 Å². The Morgan fingerprint density at radius 3 is 2.62 bits per heavy atom. The predicted octanol–water partition coefficient (Wildman–Crippen LogP) is 2.59. The highest BCUT2D eigenvalue weighted by molar-refractivity contribution is 7.89. The molecule has 1 heterocycles. The normalized spacial score (nSPS) is 18.1. The van der Waals surface area contributed by atoms with Gasteiger partial charge in [0.05, 0.1) is 15.5 Å². The average molecular weight is 395 g/mol. The molecule has 1 aliphatic heterocycles. The van der Waals surface area contributed by atoms with E-state index >= 15 is 0 Å². The molecule has 0 spiro atoms. The number of hydrogen-bond acceptors (Lipinski definition) is 4. The number of likely N-dealkylation sites (tertiary alicyclic amines) is 1. The predicted molar refractivity (Wildman–Crippen MR) is 98.9 cm³/mol. The van der Waals surface area contributed by atoms with Crippen LogP contribution in [0.2, 0.25) is 5.02 Å². The molecule has 0 aromatic heterocycles. The molecule has 2 N–H and O–H groups in total. The number of nitrogens with zero attached hydrogens (tertiary/aromatic N) is 1. The van der Waals surface area contributed by atoms with Gasteiger partial charge in [-0.1, -0.05) is 41.9 Å². The quantitative estimate of drug-likeness (QED) is 0.786. The summed E-state index contributed by atoms with van der Waals surface area (Å²) in [6, 6.07) is 13.5. The van der Waals surface area contributed by atoms with E-state index in [1.165, 1.54) is 23.8 Å². The van der Waals surface area contributed by atoms with Gasteiger partial charge in [-0.3, -0.25) is 4.90 Å². The number of hydrogen-bond donors (Lipinski definition) is 2. The molecule has 0 aliphatic carbocycles. The lowest BCUT2D eigenvalue weighted by Crippen LogP contribution is -2.37. The van der Waals surface area contributed by atoms with Crippen molar-refractivity contribution in [3.63, 3.8) is 0 Å². The zero-order valence-electron chi connectivity index (χ0n) is 13.9. The van der Waals surface area contributed by atoms with Crippen LogP contribution in [0.25, 0.3) is 0 Å². The molecule has 1 aliphatic rings. The monoisotopic (exact) mass is 394 g/mol. The standard InChI is InChI=1S/C18H19ClN2O4S/c19-17-10-15(6-7-16(17)18(22)23)26(24,25)20-14-8-9-21(12-14)11-13-4-2-1-3-5-13/h1-7,10,14,20H,8-9,11-12H2,(H,22,23). The van der Waals surface area contributed by atoms with Crippen molar-refractivity contribution in [1.82, 2.24) is 9.62 Å². The van der Waals surface area contributed by atoms with Gasteiger partial charge in [0.15, 0.2) is 0 Å². The van der Waals surface area contributed by atoms with Gasteiger partial charge < -0.3 is 5.11 Å². The first-order chi connectivity index (χ1) is 12.3. The van der Waals surface area contributed by atoms with Gasteiger partial charge in [-0.2, -0.15) is 0 Å². The molecule has 1 atom stereocenters. The molecular formula is C18H19ClN2O4S. The Labute approximate surface area is 157 Å². The smallest absolute Gasteiger partial charge is 0.337 e. The summed E-state index contributed by atoms with van der Waals surface area (Å²) in [6.45, 7) is 2.20. The molecule has 8 heteroatoms. The number of carboxylic acid groups (broad SMARTS) is 1.